The molecule has 1 unspecified atom stereocenters. The van der Waals surface area contributed by atoms with Gasteiger partial charge in [0, 0.05) is 16.3 Å². The van der Waals surface area contributed by atoms with E-state index in [0.717, 1.165) is 28.9 Å². The van der Waals surface area contributed by atoms with Crippen LogP contribution in [0.1, 0.15) is 77.8 Å². The number of furan rings is 1. The van der Waals surface area contributed by atoms with Crippen LogP contribution in [0, 0.1) is 17.8 Å². The molecule has 0 spiro atoms. The highest BCUT2D eigenvalue weighted by Crippen LogP contribution is 2.55. The van der Waals surface area contributed by atoms with Crippen molar-refractivity contribution in [3.8, 4) is 0 Å². The molecule has 0 aliphatic heterocycles. The van der Waals surface area contributed by atoms with Crippen molar-refractivity contribution in [2.45, 2.75) is 77.6 Å². The molecule has 4 atom stereocenters. The molecule has 2 aliphatic carbocycles. The largest absolute Gasteiger partial charge is 0.456 e. The third-order valence-corrected chi connectivity index (χ3v) is 7.57. The number of fused-ring (bicyclic) bond motifs is 5. The van der Waals surface area contributed by atoms with E-state index in [0.29, 0.717) is 5.41 Å². The summed E-state index contributed by atoms with van der Waals surface area (Å²) in [4.78, 5) is 0. The van der Waals surface area contributed by atoms with Crippen molar-refractivity contribution in [2.75, 3.05) is 0 Å². The molecule has 2 aromatic carbocycles. The van der Waals surface area contributed by atoms with Gasteiger partial charge >= 0.3 is 0 Å². The van der Waals surface area contributed by atoms with E-state index in [2.05, 4.69) is 71.0 Å². The van der Waals surface area contributed by atoms with Gasteiger partial charge in [-0.15, -0.1) is 0 Å². The van der Waals surface area contributed by atoms with Crippen LogP contribution in [0.3, 0.4) is 0 Å². The van der Waals surface area contributed by atoms with Crippen molar-refractivity contribution in [2.24, 2.45) is 17.8 Å². The van der Waals surface area contributed by atoms with Gasteiger partial charge in [-0.05, 0) is 72.3 Å². The Morgan fingerprint density at radius 3 is 2.29 bits per heavy atom. The summed E-state index contributed by atoms with van der Waals surface area (Å²) < 4.78 is 6.63. The molecule has 2 aliphatic rings. The third-order valence-electron chi connectivity index (χ3n) is 7.57. The molecule has 1 aromatic heterocycles. The lowest BCUT2D eigenvalue weighted by atomic mass is 9.54. The Morgan fingerprint density at radius 2 is 1.61 bits per heavy atom. The second-order valence-electron chi connectivity index (χ2n) is 11.2. The van der Waals surface area contributed by atoms with Gasteiger partial charge in [-0.3, -0.25) is 0 Å². The van der Waals surface area contributed by atoms with E-state index in [1.165, 1.54) is 54.0 Å². The van der Waals surface area contributed by atoms with Crippen molar-refractivity contribution >= 4 is 21.9 Å². The molecule has 1 nitrogen and oxygen atoms in total. The minimum absolute atomic E-state index is 0.138. The quantitative estimate of drug-likeness (QED) is 0.420. The fraction of sp³-hybridized carbons (Fsp3) is 0.556. The van der Waals surface area contributed by atoms with Crippen LogP contribution in [-0.4, -0.2) is 0 Å². The molecule has 5 rings (SSSR count). The molecule has 0 N–H and O–H groups in total. The van der Waals surface area contributed by atoms with E-state index in [4.69, 9.17) is 4.42 Å². The molecule has 0 saturated heterocycles. The Hall–Kier alpha value is -1.76. The minimum Gasteiger partial charge on any atom is -0.456 e. The molecule has 148 valence electrons. The first-order valence-electron chi connectivity index (χ1n) is 11.2. The van der Waals surface area contributed by atoms with Gasteiger partial charge < -0.3 is 4.42 Å². The van der Waals surface area contributed by atoms with E-state index >= 15 is 0 Å². The van der Waals surface area contributed by atoms with E-state index in [9.17, 15) is 0 Å². The minimum atomic E-state index is 0.138. The van der Waals surface area contributed by atoms with Gasteiger partial charge in [0.05, 0.1) is 0 Å². The number of rotatable bonds is 1. The number of benzene rings is 2. The molecule has 0 amide bonds. The second-order valence-corrected chi connectivity index (χ2v) is 11.2. The molecule has 1 heterocycles. The predicted octanol–water partition coefficient (Wildman–Crippen LogP) is 7.99. The fourth-order valence-corrected chi connectivity index (χ4v) is 6.72. The summed E-state index contributed by atoms with van der Waals surface area (Å²) in [5, 5.41) is 2.57. The van der Waals surface area contributed by atoms with Gasteiger partial charge in [-0.25, -0.2) is 0 Å². The maximum Gasteiger partial charge on any atom is 0.139 e. The molecular formula is C27H34O. The van der Waals surface area contributed by atoms with Crippen molar-refractivity contribution in [3.63, 3.8) is 0 Å². The number of hydrogen-bond donors (Lipinski definition) is 0. The van der Waals surface area contributed by atoms with Crippen molar-refractivity contribution in [1.82, 2.24) is 0 Å². The first kappa shape index (κ1) is 18.3. The highest BCUT2D eigenvalue weighted by Gasteiger charge is 2.46. The molecule has 0 radical (unpaired) electrons. The lowest BCUT2D eigenvalue weighted by Crippen LogP contribution is -2.42. The molecule has 28 heavy (non-hydrogen) atoms. The smallest absolute Gasteiger partial charge is 0.139 e. The van der Waals surface area contributed by atoms with Crippen LogP contribution in [0.5, 0.6) is 0 Å². The lowest BCUT2D eigenvalue weighted by Gasteiger charge is -2.50. The van der Waals surface area contributed by atoms with Crippen LogP contribution in [-0.2, 0) is 10.8 Å². The predicted molar refractivity (Wildman–Crippen MR) is 119 cm³/mol. The molecule has 2 saturated carbocycles. The second kappa shape index (κ2) is 6.12. The van der Waals surface area contributed by atoms with E-state index < -0.39 is 0 Å². The summed E-state index contributed by atoms with van der Waals surface area (Å²) in [5.74, 6) is 2.52. The van der Waals surface area contributed by atoms with Gasteiger partial charge in [0.25, 0.3) is 0 Å². The highest BCUT2D eigenvalue weighted by atomic mass is 16.3. The van der Waals surface area contributed by atoms with Gasteiger partial charge in [0.1, 0.15) is 11.2 Å². The zero-order valence-electron chi connectivity index (χ0n) is 18.1. The van der Waals surface area contributed by atoms with Crippen molar-refractivity contribution in [3.05, 3.63) is 47.5 Å². The zero-order valence-corrected chi connectivity index (χ0v) is 18.1. The third kappa shape index (κ3) is 2.81. The van der Waals surface area contributed by atoms with Crippen LogP contribution in [0.25, 0.3) is 21.9 Å². The molecule has 2 fully saturated rings. The first-order valence-corrected chi connectivity index (χ1v) is 11.2. The van der Waals surface area contributed by atoms with Crippen molar-refractivity contribution in [1.29, 1.82) is 0 Å². The maximum atomic E-state index is 6.63. The number of hydrogen-bond acceptors (Lipinski definition) is 1. The Labute approximate surface area is 169 Å². The Kier molecular flexibility index (Phi) is 3.99. The molecular weight excluding hydrogens is 340 g/mol. The van der Waals surface area contributed by atoms with Crippen LogP contribution in [0.4, 0.5) is 0 Å². The standard InChI is InChI=1S/C27H34O/c1-17-11-19-12-18(2)15-27(14-17,16-19)23-8-6-7-22-21-10-9-20(26(3,4)5)13-24(21)28-25(22)23/h6-10,13,17-19H,11-12,14-16H2,1-5H3/t17-,18+,19-,27?. The molecule has 1 heteroatoms. The average Bonchev–Trinajstić information content (AvgIpc) is 2.97. The summed E-state index contributed by atoms with van der Waals surface area (Å²) >= 11 is 0. The Morgan fingerprint density at radius 1 is 0.893 bits per heavy atom. The zero-order chi connectivity index (χ0) is 19.7. The first-order chi connectivity index (χ1) is 13.2. The van der Waals surface area contributed by atoms with E-state index in [-0.39, 0.29) is 5.41 Å². The Balaban J connectivity index is 1.71. The summed E-state index contributed by atoms with van der Waals surface area (Å²) in [6.07, 6.45) is 6.81. The van der Waals surface area contributed by atoms with Gasteiger partial charge in [0.2, 0.25) is 0 Å². The van der Waals surface area contributed by atoms with Gasteiger partial charge in [-0.2, -0.15) is 0 Å². The normalized spacial score (nSPS) is 30.8. The van der Waals surface area contributed by atoms with Crippen LogP contribution >= 0.6 is 0 Å². The summed E-state index contributed by atoms with van der Waals surface area (Å²) in [6.45, 7) is 11.7. The van der Waals surface area contributed by atoms with Gasteiger partial charge in [-0.1, -0.05) is 65.0 Å². The fourth-order valence-electron chi connectivity index (χ4n) is 6.72. The van der Waals surface area contributed by atoms with Gasteiger partial charge in [0.15, 0.2) is 0 Å². The highest BCUT2D eigenvalue weighted by molar-refractivity contribution is 6.06. The number of para-hydroxylation sites is 1. The van der Waals surface area contributed by atoms with Crippen LogP contribution in [0.2, 0.25) is 0 Å². The summed E-state index contributed by atoms with van der Waals surface area (Å²) in [7, 11) is 0. The van der Waals surface area contributed by atoms with Crippen LogP contribution in [0.15, 0.2) is 40.8 Å². The summed E-state index contributed by atoms with van der Waals surface area (Å²) in [5.41, 5.74) is 5.49. The molecule has 3 aromatic rings. The maximum absolute atomic E-state index is 6.63. The van der Waals surface area contributed by atoms with Crippen molar-refractivity contribution < 1.29 is 4.42 Å². The van der Waals surface area contributed by atoms with E-state index in [1.807, 2.05) is 0 Å². The molecule has 2 bridgehead atoms. The summed E-state index contributed by atoms with van der Waals surface area (Å²) in [6, 6.07) is 13.7. The monoisotopic (exact) mass is 374 g/mol. The van der Waals surface area contributed by atoms with Crippen LogP contribution < -0.4 is 0 Å². The lowest BCUT2D eigenvalue weighted by molar-refractivity contribution is 0.0784. The average molecular weight is 375 g/mol. The topological polar surface area (TPSA) is 13.1 Å². The van der Waals surface area contributed by atoms with E-state index in [1.54, 1.807) is 0 Å². The SMILES string of the molecule is C[C@@H]1C[C@@H]2C[C@H](C)CC(c3cccc4c3oc3cc(C(C)(C)C)ccc34)(C1)C2. The Bertz CT molecular complexity index is 1010.